The van der Waals surface area contributed by atoms with Crippen LogP contribution in [0.1, 0.15) is 23.2 Å². The van der Waals surface area contributed by atoms with Gasteiger partial charge >= 0.3 is 0 Å². The maximum Gasteiger partial charge on any atom is 0.253 e. The van der Waals surface area contributed by atoms with Gasteiger partial charge in [-0.05, 0) is 49.2 Å². The number of nitrogens with two attached hydrogens (primary N) is 1. The molecule has 1 unspecified atom stereocenters. The summed E-state index contributed by atoms with van der Waals surface area (Å²) < 4.78 is 5.72. The third-order valence-electron chi connectivity index (χ3n) is 4.19. The normalized spacial score (nSPS) is 17.3. The molecule has 0 aliphatic carbocycles. The minimum absolute atomic E-state index is 0.0767. The van der Waals surface area contributed by atoms with Gasteiger partial charge < -0.3 is 15.4 Å². The summed E-state index contributed by atoms with van der Waals surface area (Å²) in [5.41, 5.74) is 5.95. The fraction of sp³-hybridized carbons (Fsp3) is 0.263. The molecular formula is C19H20N2O3. The number of likely N-dealkylation sites (tertiary alicyclic amines) is 1. The zero-order valence-corrected chi connectivity index (χ0v) is 13.4. The molecule has 0 radical (unpaired) electrons. The highest BCUT2D eigenvalue weighted by Gasteiger charge is 2.27. The lowest BCUT2D eigenvalue weighted by Gasteiger charge is -2.31. The first-order valence-corrected chi connectivity index (χ1v) is 8.05. The van der Waals surface area contributed by atoms with Crippen molar-refractivity contribution >= 4 is 11.8 Å². The van der Waals surface area contributed by atoms with Gasteiger partial charge in [-0.2, -0.15) is 0 Å². The summed E-state index contributed by atoms with van der Waals surface area (Å²) in [6.45, 7) is 1.06. The van der Waals surface area contributed by atoms with Gasteiger partial charge in [-0.15, -0.1) is 0 Å². The van der Waals surface area contributed by atoms with Gasteiger partial charge in [-0.25, -0.2) is 0 Å². The van der Waals surface area contributed by atoms with E-state index >= 15 is 0 Å². The van der Waals surface area contributed by atoms with Crippen molar-refractivity contribution in [2.24, 2.45) is 11.7 Å². The van der Waals surface area contributed by atoms with Gasteiger partial charge in [0.15, 0.2) is 0 Å². The lowest BCUT2D eigenvalue weighted by atomic mass is 9.97. The quantitative estimate of drug-likeness (QED) is 0.940. The molecule has 0 aromatic heterocycles. The Bertz CT molecular complexity index is 713. The molecule has 5 nitrogen and oxygen atoms in total. The summed E-state index contributed by atoms with van der Waals surface area (Å²) in [6.07, 6.45) is 1.55. The van der Waals surface area contributed by atoms with Crippen LogP contribution in [0.15, 0.2) is 54.6 Å². The second-order valence-corrected chi connectivity index (χ2v) is 5.93. The van der Waals surface area contributed by atoms with Crippen molar-refractivity contribution in [2.45, 2.75) is 12.8 Å². The van der Waals surface area contributed by atoms with Crippen LogP contribution in [-0.4, -0.2) is 29.8 Å². The molecule has 2 aromatic rings. The Balaban J connectivity index is 1.66. The molecule has 3 rings (SSSR count). The van der Waals surface area contributed by atoms with Crippen LogP contribution < -0.4 is 10.5 Å². The van der Waals surface area contributed by atoms with Crippen LogP contribution in [0.3, 0.4) is 0 Å². The first-order valence-electron chi connectivity index (χ1n) is 8.05. The molecule has 2 N–H and O–H groups in total. The molecule has 1 atom stereocenters. The first kappa shape index (κ1) is 16.1. The van der Waals surface area contributed by atoms with Crippen molar-refractivity contribution in [3.63, 3.8) is 0 Å². The van der Waals surface area contributed by atoms with Crippen LogP contribution >= 0.6 is 0 Å². The second kappa shape index (κ2) is 7.17. The topological polar surface area (TPSA) is 72.6 Å². The molecule has 2 aromatic carbocycles. The monoisotopic (exact) mass is 324 g/mol. The van der Waals surface area contributed by atoms with E-state index in [4.69, 9.17) is 10.5 Å². The average Bonchev–Trinajstić information content (AvgIpc) is 2.63. The number of primary amides is 1. The molecule has 1 aliphatic rings. The zero-order valence-electron chi connectivity index (χ0n) is 13.4. The molecule has 124 valence electrons. The molecule has 0 bridgehead atoms. The van der Waals surface area contributed by atoms with E-state index in [1.54, 1.807) is 29.2 Å². The Morgan fingerprint density at radius 1 is 1.00 bits per heavy atom. The number of carbonyl (C=O) groups excluding carboxylic acids is 2. The Morgan fingerprint density at radius 3 is 2.33 bits per heavy atom. The van der Waals surface area contributed by atoms with Crippen molar-refractivity contribution in [3.05, 3.63) is 60.2 Å². The van der Waals surface area contributed by atoms with Gasteiger partial charge in [-0.1, -0.05) is 18.2 Å². The number of para-hydroxylation sites is 1. The van der Waals surface area contributed by atoms with E-state index in [-0.39, 0.29) is 17.7 Å². The zero-order chi connectivity index (χ0) is 16.9. The standard InChI is InChI=1S/C19H20N2O3/c20-18(22)15-5-4-12-21(13-15)19(23)14-8-10-17(11-9-14)24-16-6-2-1-3-7-16/h1-3,6-11,15H,4-5,12-13H2,(H2,20,22). The highest BCUT2D eigenvalue weighted by molar-refractivity contribution is 5.94. The fourth-order valence-corrected chi connectivity index (χ4v) is 2.87. The summed E-state index contributed by atoms with van der Waals surface area (Å²) in [5, 5.41) is 0. The fourth-order valence-electron chi connectivity index (χ4n) is 2.87. The van der Waals surface area contributed by atoms with Gasteiger partial charge in [0.05, 0.1) is 5.92 Å². The number of amides is 2. The largest absolute Gasteiger partial charge is 0.457 e. The molecule has 1 saturated heterocycles. The van der Waals surface area contributed by atoms with Crippen LogP contribution in [0.4, 0.5) is 0 Å². The number of carbonyl (C=O) groups is 2. The minimum Gasteiger partial charge on any atom is -0.457 e. The third kappa shape index (κ3) is 3.74. The van der Waals surface area contributed by atoms with Gasteiger partial charge in [0, 0.05) is 18.7 Å². The molecule has 1 fully saturated rings. The number of benzene rings is 2. The number of hydrogen-bond donors (Lipinski definition) is 1. The highest BCUT2D eigenvalue weighted by Crippen LogP contribution is 2.23. The molecule has 5 heteroatoms. The van der Waals surface area contributed by atoms with Crippen LogP contribution in [0.25, 0.3) is 0 Å². The Morgan fingerprint density at radius 2 is 1.67 bits per heavy atom. The predicted molar refractivity (Wildman–Crippen MR) is 90.8 cm³/mol. The maximum absolute atomic E-state index is 12.6. The molecule has 24 heavy (non-hydrogen) atoms. The SMILES string of the molecule is NC(=O)C1CCCN(C(=O)c2ccc(Oc3ccccc3)cc2)C1. The molecule has 2 amide bonds. The number of piperidine rings is 1. The summed E-state index contributed by atoms with van der Waals surface area (Å²) in [5.74, 6) is 0.762. The van der Waals surface area contributed by atoms with E-state index in [1.165, 1.54) is 0 Å². The van der Waals surface area contributed by atoms with E-state index < -0.39 is 0 Å². The molecule has 0 saturated carbocycles. The Labute approximate surface area is 141 Å². The third-order valence-corrected chi connectivity index (χ3v) is 4.19. The van der Waals surface area contributed by atoms with E-state index in [9.17, 15) is 9.59 Å². The van der Waals surface area contributed by atoms with Crippen molar-refractivity contribution < 1.29 is 14.3 Å². The van der Waals surface area contributed by atoms with Gasteiger partial charge in [0.1, 0.15) is 11.5 Å². The smallest absolute Gasteiger partial charge is 0.253 e. The lowest BCUT2D eigenvalue weighted by molar-refractivity contribution is -0.123. The van der Waals surface area contributed by atoms with Crippen LogP contribution in [0, 0.1) is 5.92 Å². The minimum atomic E-state index is -0.334. The van der Waals surface area contributed by atoms with Gasteiger partial charge in [0.2, 0.25) is 5.91 Å². The number of rotatable bonds is 4. The summed E-state index contributed by atoms with van der Waals surface area (Å²) in [6, 6.07) is 16.5. The van der Waals surface area contributed by atoms with Crippen molar-refractivity contribution in [2.75, 3.05) is 13.1 Å². The van der Waals surface area contributed by atoms with E-state index in [1.807, 2.05) is 30.3 Å². The van der Waals surface area contributed by atoms with Gasteiger partial charge in [-0.3, -0.25) is 9.59 Å². The molecule has 0 spiro atoms. The number of nitrogens with zero attached hydrogens (tertiary/aromatic N) is 1. The highest BCUT2D eigenvalue weighted by atomic mass is 16.5. The van der Waals surface area contributed by atoms with Crippen LogP contribution in [-0.2, 0) is 4.79 Å². The Kier molecular flexibility index (Phi) is 4.79. The van der Waals surface area contributed by atoms with Crippen LogP contribution in [0.5, 0.6) is 11.5 Å². The summed E-state index contributed by atoms with van der Waals surface area (Å²) >= 11 is 0. The Hall–Kier alpha value is -2.82. The molecule has 1 heterocycles. The molecular weight excluding hydrogens is 304 g/mol. The average molecular weight is 324 g/mol. The maximum atomic E-state index is 12.6. The lowest BCUT2D eigenvalue weighted by Crippen LogP contribution is -2.44. The van der Waals surface area contributed by atoms with Crippen molar-refractivity contribution in [3.8, 4) is 11.5 Å². The van der Waals surface area contributed by atoms with E-state index in [2.05, 4.69) is 0 Å². The molecule has 1 aliphatic heterocycles. The van der Waals surface area contributed by atoms with E-state index in [0.29, 0.717) is 24.4 Å². The van der Waals surface area contributed by atoms with Crippen LogP contribution in [0.2, 0.25) is 0 Å². The summed E-state index contributed by atoms with van der Waals surface area (Å²) in [7, 11) is 0. The van der Waals surface area contributed by atoms with Crippen molar-refractivity contribution in [1.29, 1.82) is 0 Å². The number of hydrogen-bond acceptors (Lipinski definition) is 3. The van der Waals surface area contributed by atoms with E-state index in [0.717, 1.165) is 18.6 Å². The van der Waals surface area contributed by atoms with Crippen molar-refractivity contribution in [1.82, 2.24) is 4.90 Å². The predicted octanol–water partition coefficient (Wildman–Crippen LogP) is 2.82. The summed E-state index contributed by atoms with van der Waals surface area (Å²) in [4.78, 5) is 25.6. The second-order valence-electron chi connectivity index (χ2n) is 5.93. The van der Waals surface area contributed by atoms with Gasteiger partial charge in [0.25, 0.3) is 5.91 Å². The first-order chi connectivity index (χ1) is 11.6. The number of ether oxygens (including phenoxy) is 1.